The summed E-state index contributed by atoms with van der Waals surface area (Å²) in [5, 5.41) is 28.9. The zero-order valence-corrected chi connectivity index (χ0v) is 19.7. The van der Waals surface area contributed by atoms with E-state index in [0.29, 0.717) is 28.0 Å². The fourth-order valence-corrected chi connectivity index (χ4v) is 4.11. The molecule has 3 aromatic carbocycles. The van der Waals surface area contributed by atoms with Crippen molar-refractivity contribution in [3.63, 3.8) is 0 Å². The molecule has 0 aliphatic rings. The van der Waals surface area contributed by atoms with Gasteiger partial charge >= 0.3 is 0 Å². The average molecular weight is 473 g/mol. The summed E-state index contributed by atoms with van der Waals surface area (Å²) in [6.45, 7) is 2.17. The number of nitriles is 1. The van der Waals surface area contributed by atoms with E-state index < -0.39 is 6.10 Å². The zero-order chi connectivity index (χ0) is 23.9. The van der Waals surface area contributed by atoms with Gasteiger partial charge in [-0.1, -0.05) is 29.5 Å². The highest BCUT2D eigenvalue weighted by Crippen LogP contribution is 2.29. The van der Waals surface area contributed by atoms with E-state index in [1.807, 2.05) is 60.0 Å². The number of nitrogens with zero attached hydrogens (tertiary/aromatic N) is 4. The number of thioether (sulfide) groups is 1. The fourth-order valence-electron chi connectivity index (χ4n) is 3.25. The van der Waals surface area contributed by atoms with Gasteiger partial charge in [0.1, 0.15) is 18.1 Å². The Balaban J connectivity index is 1.50. The lowest BCUT2D eigenvalue weighted by Gasteiger charge is -2.14. The average Bonchev–Trinajstić information content (AvgIpc) is 3.31. The van der Waals surface area contributed by atoms with Crippen LogP contribution in [-0.4, -0.2) is 45.4 Å². The molecule has 172 valence electrons. The van der Waals surface area contributed by atoms with Crippen molar-refractivity contribution in [3.8, 4) is 34.6 Å². The highest BCUT2D eigenvalue weighted by molar-refractivity contribution is 7.99. The van der Waals surface area contributed by atoms with Gasteiger partial charge in [0.15, 0.2) is 11.0 Å². The molecular formula is C26H24N4O3S. The lowest BCUT2D eigenvalue weighted by molar-refractivity contribution is 0.126. The molecule has 0 spiro atoms. The van der Waals surface area contributed by atoms with Crippen LogP contribution in [0.3, 0.4) is 0 Å². The number of benzene rings is 3. The Morgan fingerprint density at radius 2 is 1.65 bits per heavy atom. The summed E-state index contributed by atoms with van der Waals surface area (Å²) in [7, 11) is 1.63. The molecule has 0 fully saturated rings. The minimum Gasteiger partial charge on any atom is -0.497 e. The first-order valence-corrected chi connectivity index (χ1v) is 11.7. The van der Waals surface area contributed by atoms with Crippen LogP contribution >= 0.6 is 11.8 Å². The van der Waals surface area contributed by atoms with E-state index in [0.717, 1.165) is 22.6 Å². The molecule has 0 saturated carbocycles. The standard InChI is InChI=1S/C26H24N4O3S/c1-18-3-9-21(10-4-18)30-25(20-7-13-23(32-2)14-8-20)28-29-26(30)34-17-22(31)16-33-24-11-5-19(15-27)6-12-24/h3-14,22,31H,16-17H2,1-2H3. The smallest absolute Gasteiger partial charge is 0.196 e. The summed E-state index contributed by atoms with van der Waals surface area (Å²) in [5.74, 6) is 2.46. The number of aliphatic hydroxyl groups is 1. The number of ether oxygens (including phenoxy) is 2. The number of hydrogen-bond acceptors (Lipinski definition) is 7. The molecule has 0 saturated heterocycles. The summed E-state index contributed by atoms with van der Waals surface area (Å²) in [6.07, 6.45) is -0.715. The van der Waals surface area contributed by atoms with Crippen molar-refractivity contribution < 1.29 is 14.6 Å². The van der Waals surface area contributed by atoms with Crippen LogP contribution in [-0.2, 0) is 0 Å². The van der Waals surface area contributed by atoms with E-state index in [1.54, 1.807) is 31.4 Å². The van der Waals surface area contributed by atoms with Crippen molar-refractivity contribution in [2.24, 2.45) is 0 Å². The SMILES string of the molecule is COc1ccc(-c2nnc(SCC(O)COc3ccc(C#N)cc3)n2-c2ccc(C)cc2)cc1. The Hall–Kier alpha value is -3.80. The number of aliphatic hydroxyl groups excluding tert-OH is 1. The quantitative estimate of drug-likeness (QED) is 0.354. The third kappa shape index (κ3) is 5.57. The number of aryl methyl sites for hydroxylation is 1. The second-order valence-corrected chi connectivity index (χ2v) is 8.60. The summed E-state index contributed by atoms with van der Waals surface area (Å²) >= 11 is 1.41. The molecule has 1 heterocycles. The van der Waals surface area contributed by atoms with Crippen molar-refractivity contribution >= 4 is 11.8 Å². The summed E-state index contributed by atoms with van der Waals surface area (Å²) in [6, 6.07) is 24.7. The van der Waals surface area contributed by atoms with Gasteiger partial charge in [-0.25, -0.2) is 0 Å². The minimum atomic E-state index is -0.715. The molecule has 4 rings (SSSR count). The second-order valence-electron chi connectivity index (χ2n) is 7.62. The molecular weight excluding hydrogens is 448 g/mol. The van der Waals surface area contributed by atoms with Crippen LogP contribution in [0.5, 0.6) is 11.5 Å². The van der Waals surface area contributed by atoms with E-state index in [1.165, 1.54) is 11.8 Å². The van der Waals surface area contributed by atoms with Gasteiger partial charge in [0, 0.05) is 17.0 Å². The molecule has 1 atom stereocenters. The largest absolute Gasteiger partial charge is 0.497 e. The van der Waals surface area contributed by atoms with E-state index in [-0.39, 0.29) is 6.61 Å². The molecule has 8 heteroatoms. The third-order valence-corrected chi connectivity index (χ3v) is 6.18. The van der Waals surface area contributed by atoms with Crippen LogP contribution in [0, 0.1) is 18.3 Å². The monoisotopic (exact) mass is 472 g/mol. The van der Waals surface area contributed by atoms with Crippen molar-refractivity contribution in [3.05, 3.63) is 83.9 Å². The molecule has 0 bridgehead atoms. The molecule has 0 aliphatic carbocycles. The number of aromatic nitrogens is 3. The highest BCUT2D eigenvalue weighted by Gasteiger charge is 2.18. The van der Waals surface area contributed by atoms with Crippen molar-refractivity contribution in [1.82, 2.24) is 14.8 Å². The van der Waals surface area contributed by atoms with Crippen LogP contribution in [0.15, 0.2) is 78.0 Å². The van der Waals surface area contributed by atoms with Crippen LogP contribution in [0.2, 0.25) is 0 Å². The zero-order valence-electron chi connectivity index (χ0n) is 18.9. The van der Waals surface area contributed by atoms with Crippen LogP contribution in [0.1, 0.15) is 11.1 Å². The lowest BCUT2D eigenvalue weighted by Crippen LogP contribution is -2.20. The molecule has 0 aliphatic heterocycles. The van der Waals surface area contributed by atoms with E-state index >= 15 is 0 Å². The summed E-state index contributed by atoms with van der Waals surface area (Å²) in [5.41, 5.74) is 3.57. The van der Waals surface area contributed by atoms with E-state index in [2.05, 4.69) is 16.3 Å². The predicted octanol–water partition coefficient (Wildman–Crippen LogP) is 4.66. The van der Waals surface area contributed by atoms with Gasteiger partial charge in [-0.15, -0.1) is 10.2 Å². The summed E-state index contributed by atoms with van der Waals surface area (Å²) < 4.78 is 12.9. The van der Waals surface area contributed by atoms with Crippen LogP contribution < -0.4 is 9.47 Å². The van der Waals surface area contributed by atoms with Crippen molar-refractivity contribution in [2.45, 2.75) is 18.2 Å². The fraction of sp³-hybridized carbons (Fsp3) is 0.192. The maximum atomic E-state index is 10.5. The molecule has 1 aromatic heterocycles. The maximum Gasteiger partial charge on any atom is 0.196 e. The van der Waals surface area contributed by atoms with Gasteiger partial charge in [0.05, 0.1) is 24.8 Å². The maximum absolute atomic E-state index is 10.5. The Bertz CT molecular complexity index is 1260. The Morgan fingerprint density at radius 3 is 2.29 bits per heavy atom. The van der Waals surface area contributed by atoms with Crippen LogP contribution in [0.25, 0.3) is 17.1 Å². The van der Waals surface area contributed by atoms with Gasteiger partial charge in [-0.05, 0) is 67.6 Å². The molecule has 34 heavy (non-hydrogen) atoms. The number of hydrogen-bond donors (Lipinski definition) is 1. The first kappa shape index (κ1) is 23.4. The van der Waals surface area contributed by atoms with Gasteiger partial charge in [-0.2, -0.15) is 5.26 Å². The molecule has 7 nitrogen and oxygen atoms in total. The number of rotatable bonds is 9. The molecule has 1 N–H and O–H groups in total. The van der Waals surface area contributed by atoms with Gasteiger partial charge in [0.25, 0.3) is 0 Å². The minimum absolute atomic E-state index is 0.128. The topological polar surface area (TPSA) is 93.2 Å². The van der Waals surface area contributed by atoms with Gasteiger partial charge in [0.2, 0.25) is 0 Å². The molecule has 0 amide bonds. The number of methoxy groups -OCH3 is 1. The Morgan fingerprint density at radius 1 is 0.971 bits per heavy atom. The normalized spacial score (nSPS) is 11.6. The Kier molecular flexibility index (Phi) is 7.48. The molecule has 4 aromatic rings. The van der Waals surface area contributed by atoms with Gasteiger partial charge < -0.3 is 14.6 Å². The predicted molar refractivity (Wildman–Crippen MR) is 131 cm³/mol. The summed E-state index contributed by atoms with van der Waals surface area (Å²) in [4.78, 5) is 0. The first-order chi connectivity index (χ1) is 16.6. The lowest BCUT2D eigenvalue weighted by atomic mass is 10.2. The molecule has 1 unspecified atom stereocenters. The van der Waals surface area contributed by atoms with E-state index in [4.69, 9.17) is 14.7 Å². The van der Waals surface area contributed by atoms with E-state index in [9.17, 15) is 5.11 Å². The highest BCUT2D eigenvalue weighted by atomic mass is 32.2. The second kappa shape index (κ2) is 10.9. The molecule has 0 radical (unpaired) electrons. The van der Waals surface area contributed by atoms with Gasteiger partial charge in [-0.3, -0.25) is 4.57 Å². The van der Waals surface area contributed by atoms with Crippen molar-refractivity contribution in [2.75, 3.05) is 19.5 Å². The first-order valence-electron chi connectivity index (χ1n) is 10.7. The van der Waals surface area contributed by atoms with Crippen molar-refractivity contribution in [1.29, 1.82) is 5.26 Å². The Labute approximate surface area is 202 Å². The van der Waals surface area contributed by atoms with Crippen LogP contribution in [0.4, 0.5) is 0 Å². The third-order valence-electron chi connectivity index (χ3n) is 5.10.